The molecule has 24 heavy (non-hydrogen) atoms. The topological polar surface area (TPSA) is 93.2 Å². The van der Waals surface area contributed by atoms with Crippen LogP contribution in [0.2, 0.25) is 0 Å². The number of aromatic nitrogens is 2. The van der Waals surface area contributed by atoms with Gasteiger partial charge in [-0.3, -0.25) is 9.59 Å². The molecule has 1 aromatic heterocycles. The van der Waals surface area contributed by atoms with Gasteiger partial charge in [0.1, 0.15) is 5.69 Å². The van der Waals surface area contributed by atoms with Gasteiger partial charge in [0.15, 0.2) is 5.78 Å². The van der Waals surface area contributed by atoms with Crippen LogP contribution in [0, 0.1) is 0 Å². The van der Waals surface area contributed by atoms with Gasteiger partial charge in [-0.1, -0.05) is 12.1 Å². The Bertz CT molecular complexity index is 718. The van der Waals surface area contributed by atoms with E-state index in [1.807, 2.05) is 0 Å². The monoisotopic (exact) mass is 328 g/mol. The fraction of sp³-hybridized carbons (Fsp3) is 0.294. The van der Waals surface area contributed by atoms with E-state index in [-0.39, 0.29) is 17.4 Å². The average molecular weight is 328 g/mol. The van der Waals surface area contributed by atoms with E-state index in [0.29, 0.717) is 30.4 Å². The van der Waals surface area contributed by atoms with Gasteiger partial charge in [0.05, 0.1) is 0 Å². The molecule has 0 aliphatic heterocycles. The van der Waals surface area contributed by atoms with E-state index in [9.17, 15) is 9.59 Å². The van der Waals surface area contributed by atoms with Crippen LogP contribution < -0.4 is 10.6 Å². The molecule has 126 valence electrons. The average Bonchev–Trinajstić information content (AvgIpc) is 2.59. The number of Topliss-reactive ketones (excluding diaryl/α,β-unsaturated/α-hetero) is 1. The third-order valence-corrected chi connectivity index (χ3v) is 3.22. The predicted octanol–water partition coefficient (Wildman–Crippen LogP) is 2.38. The van der Waals surface area contributed by atoms with Crippen molar-refractivity contribution in [1.82, 2.24) is 9.97 Å². The van der Waals surface area contributed by atoms with E-state index in [0.717, 1.165) is 6.42 Å². The number of hydrogen-bond acceptors (Lipinski definition) is 6. The SMILES string of the molecule is COCCCNc1nccc(C(=O)Nc2cccc(C(C)=O)c2)n1. The molecule has 0 bridgehead atoms. The first-order valence-corrected chi connectivity index (χ1v) is 7.58. The first-order chi connectivity index (χ1) is 11.6. The highest BCUT2D eigenvalue weighted by molar-refractivity contribution is 6.04. The second-order valence-electron chi connectivity index (χ2n) is 5.13. The Labute approximate surface area is 140 Å². The van der Waals surface area contributed by atoms with Crippen molar-refractivity contribution < 1.29 is 14.3 Å². The number of anilines is 2. The largest absolute Gasteiger partial charge is 0.385 e. The number of amides is 1. The molecule has 2 aromatic rings. The van der Waals surface area contributed by atoms with Crippen molar-refractivity contribution in [2.75, 3.05) is 30.9 Å². The lowest BCUT2D eigenvalue weighted by Crippen LogP contribution is -2.16. The van der Waals surface area contributed by atoms with Crippen molar-refractivity contribution in [3.05, 3.63) is 47.8 Å². The second-order valence-corrected chi connectivity index (χ2v) is 5.13. The van der Waals surface area contributed by atoms with Gasteiger partial charge in [-0.25, -0.2) is 9.97 Å². The van der Waals surface area contributed by atoms with E-state index in [1.165, 1.54) is 19.2 Å². The minimum atomic E-state index is -0.363. The van der Waals surface area contributed by atoms with Crippen LogP contribution in [0.4, 0.5) is 11.6 Å². The molecule has 0 spiro atoms. The number of methoxy groups -OCH3 is 1. The molecule has 7 nitrogen and oxygen atoms in total. The molecule has 0 saturated carbocycles. The predicted molar refractivity (Wildman–Crippen MR) is 91.4 cm³/mol. The Morgan fingerprint density at radius 2 is 2.08 bits per heavy atom. The molecule has 7 heteroatoms. The van der Waals surface area contributed by atoms with Crippen LogP contribution in [-0.2, 0) is 4.74 Å². The Morgan fingerprint density at radius 1 is 1.25 bits per heavy atom. The third kappa shape index (κ3) is 5.13. The Morgan fingerprint density at radius 3 is 2.83 bits per heavy atom. The van der Waals surface area contributed by atoms with Crippen molar-refractivity contribution in [3.63, 3.8) is 0 Å². The lowest BCUT2D eigenvalue weighted by Gasteiger charge is -2.08. The molecule has 0 aliphatic rings. The maximum Gasteiger partial charge on any atom is 0.274 e. The Balaban J connectivity index is 2.01. The van der Waals surface area contributed by atoms with Gasteiger partial charge in [-0.05, 0) is 31.5 Å². The number of nitrogens with zero attached hydrogens (tertiary/aromatic N) is 2. The number of ether oxygens (including phenoxy) is 1. The fourth-order valence-electron chi connectivity index (χ4n) is 2.00. The number of rotatable bonds is 8. The van der Waals surface area contributed by atoms with E-state index in [4.69, 9.17) is 4.74 Å². The summed E-state index contributed by atoms with van der Waals surface area (Å²) >= 11 is 0. The first-order valence-electron chi connectivity index (χ1n) is 7.58. The second kappa shape index (κ2) is 8.73. The van der Waals surface area contributed by atoms with Crippen molar-refractivity contribution in [1.29, 1.82) is 0 Å². The molecule has 2 rings (SSSR count). The minimum absolute atomic E-state index is 0.0596. The fourth-order valence-corrected chi connectivity index (χ4v) is 2.00. The van der Waals surface area contributed by atoms with Gasteiger partial charge in [0.2, 0.25) is 5.95 Å². The molecule has 0 saturated heterocycles. The van der Waals surface area contributed by atoms with Gasteiger partial charge >= 0.3 is 0 Å². The summed E-state index contributed by atoms with van der Waals surface area (Å²) in [5.41, 5.74) is 1.32. The zero-order valence-corrected chi connectivity index (χ0v) is 13.7. The molecule has 0 unspecified atom stereocenters. The normalized spacial score (nSPS) is 10.2. The molecule has 0 radical (unpaired) electrons. The number of benzene rings is 1. The van der Waals surface area contributed by atoms with Gasteiger partial charge < -0.3 is 15.4 Å². The van der Waals surface area contributed by atoms with Crippen LogP contribution in [0.5, 0.6) is 0 Å². The van der Waals surface area contributed by atoms with Crippen LogP contribution in [-0.4, -0.2) is 41.9 Å². The smallest absolute Gasteiger partial charge is 0.274 e. The molecule has 1 heterocycles. The van der Waals surface area contributed by atoms with Crippen molar-refractivity contribution in [2.24, 2.45) is 0 Å². The van der Waals surface area contributed by atoms with Crippen molar-refractivity contribution >= 4 is 23.3 Å². The number of ketones is 1. The van der Waals surface area contributed by atoms with Crippen LogP contribution >= 0.6 is 0 Å². The van der Waals surface area contributed by atoms with Crippen molar-refractivity contribution in [2.45, 2.75) is 13.3 Å². The zero-order chi connectivity index (χ0) is 17.4. The van der Waals surface area contributed by atoms with Gasteiger partial charge in [-0.2, -0.15) is 0 Å². The molecule has 2 N–H and O–H groups in total. The summed E-state index contributed by atoms with van der Waals surface area (Å²) in [5, 5.41) is 5.76. The Kier molecular flexibility index (Phi) is 6.39. The summed E-state index contributed by atoms with van der Waals surface area (Å²) in [6.07, 6.45) is 2.33. The van der Waals surface area contributed by atoms with Crippen LogP contribution in [0.15, 0.2) is 36.5 Å². The molecule has 1 aromatic carbocycles. The first kappa shape index (κ1) is 17.6. The van der Waals surface area contributed by atoms with E-state index in [2.05, 4.69) is 20.6 Å². The van der Waals surface area contributed by atoms with E-state index < -0.39 is 0 Å². The highest BCUT2D eigenvalue weighted by Gasteiger charge is 2.10. The van der Waals surface area contributed by atoms with Crippen LogP contribution in [0.3, 0.4) is 0 Å². The Hall–Kier alpha value is -2.80. The molecular weight excluding hydrogens is 308 g/mol. The maximum atomic E-state index is 12.3. The number of carbonyl (C=O) groups excluding carboxylic acids is 2. The maximum absolute atomic E-state index is 12.3. The van der Waals surface area contributed by atoms with Gasteiger partial charge in [-0.15, -0.1) is 0 Å². The molecule has 0 atom stereocenters. The standard InChI is InChI=1S/C17H20N4O3/c1-12(22)13-5-3-6-14(11-13)20-16(23)15-7-9-19-17(21-15)18-8-4-10-24-2/h3,5-7,9,11H,4,8,10H2,1-2H3,(H,20,23)(H,18,19,21). The van der Waals surface area contributed by atoms with E-state index >= 15 is 0 Å². The summed E-state index contributed by atoms with van der Waals surface area (Å²) in [5.74, 6) is -0.0371. The van der Waals surface area contributed by atoms with Gasteiger partial charge in [0.25, 0.3) is 5.91 Å². The lowest BCUT2D eigenvalue weighted by atomic mass is 10.1. The highest BCUT2D eigenvalue weighted by atomic mass is 16.5. The van der Waals surface area contributed by atoms with Crippen LogP contribution in [0.25, 0.3) is 0 Å². The zero-order valence-electron chi connectivity index (χ0n) is 13.7. The molecule has 1 amide bonds. The summed E-state index contributed by atoms with van der Waals surface area (Å²) in [6.45, 7) is 2.77. The third-order valence-electron chi connectivity index (χ3n) is 3.22. The number of carbonyl (C=O) groups is 2. The summed E-state index contributed by atoms with van der Waals surface area (Å²) in [6, 6.07) is 8.30. The lowest BCUT2D eigenvalue weighted by molar-refractivity contribution is 0.100. The number of hydrogen-bond donors (Lipinski definition) is 2. The summed E-state index contributed by atoms with van der Waals surface area (Å²) in [7, 11) is 1.64. The minimum Gasteiger partial charge on any atom is -0.385 e. The molecule has 0 aliphatic carbocycles. The summed E-state index contributed by atoms with van der Waals surface area (Å²) < 4.78 is 4.97. The summed E-state index contributed by atoms with van der Waals surface area (Å²) in [4.78, 5) is 31.9. The van der Waals surface area contributed by atoms with Crippen LogP contribution in [0.1, 0.15) is 34.2 Å². The van der Waals surface area contributed by atoms with Crippen molar-refractivity contribution in [3.8, 4) is 0 Å². The quantitative estimate of drug-likeness (QED) is 0.571. The molecular formula is C17H20N4O3. The molecule has 0 fully saturated rings. The highest BCUT2D eigenvalue weighted by Crippen LogP contribution is 2.12. The number of nitrogens with one attached hydrogen (secondary N) is 2. The van der Waals surface area contributed by atoms with Gasteiger partial charge in [0, 0.05) is 37.7 Å². The van der Waals surface area contributed by atoms with E-state index in [1.54, 1.807) is 31.4 Å².